The summed E-state index contributed by atoms with van der Waals surface area (Å²) in [7, 11) is 1.60. The molecule has 2 aromatic carbocycles. The van der Waals surface area contributed by atoms with Gasteiger partial charge in [-0.25, -0.2) is 4.39 Å². The van der Waals surface area contributed by atoms with Crippen molar-refractivity contribution in [2.75, 3.05) is 12.0 Å². The minimum atomic E-state index is -1.19. The number of carbonyl (C=O) groups excluding carboxylic acids is 2. The Kier molecular flexibility index (Phi) is 5.35. The highest BCUT2D eigenvalue weighted by Gasteiger charge is 2.49. The van der Waals surface area contributed by atoms with Gasteiger partial charge in [0, 0.05) is 23.2 Å². The molecule has 1 aromatic heterocycles. The number of anilines is 1. The Morgan fingerprint density at radius 3 is 2.52 bits per heavy atom. The van der Waals surface area contributed by atoms with E-state index < -0.39 is 11.4 Å². The summed E-state index contributed by atoms with van der Waals surface area (Å²) in [5.74, 6) is -0.185. The summed E-state index contributed by atoms with van der Waals surface area (Å²) >= 11 is 0. The lowest BCUT2D eigenvalue weighted by atomic mass is 9.91. The van der Waals surface area contributed by atoms with Crippen LogP contribution in [0.4, 0.5) is 10.1 Å². The summed E-state index contributed by atoms with van der Waals surface area (Å²) in [6.45, 7) is 2.07. The largest absolute Gasteiger partial charge is 0.497 e. The molecule has 1 N–H and O–H groups in total. The fourth-order valence-electron chi connectivity index (χ4n) is 5.18. The molecule has 1 fully saturated rings. The number of benzene rings is 2. The summed E-state index contributed by atoms with van der Waals surface area (Å²) < 4.78 is 21.0. The van der Waals surface area contributed by atoms with Gasteiger partial charge >= 0.3 is 0 Å². The summed E-state index contributed by atoms with van der Waals surface area (Å²) in [4.78, 5) is 29.1. The van der Waals surface area contributed by atoms with E-state index in [-0.39, 0.29) is 24.4 Å². The lowest BCUT2D eigenvalue weighted by Gasteiger charge is -2.44. The number of amides is 2. The lowest BCUT2D eigenvalue weighted by Crippen LogP contribution is -2.65. The van der Waals surface area contributed by atoms with Crippen molar-refractivity contribution in [2.45, 2.75) is 57.2 Å². The maximum absolute atomic E-state index is 13.8. The van der Waals surface area contributed by atoms with Crippen molar-refractivity contribution in [2.24, 2.45) is 0 Å². The van der Waals surface area contributed by atoms with Gasteiger partial charge < -0.3 is 14.6 Å². The van der Waals surface area contributed by atoms with Crippen LogP contribution in [0.2, 0.25) is 0 Å². The van der Waals surface area contributed by atoms with Crippen molar-refractivity contribution in [3.05, 3.63) is 60.0 Å². The van der Waals surface area contributed by atoms with Crippen LogP contribution >= 0.6 is 0 Å². The zero-order valence-electron chi connectivity index (χ0n) is 18.9. The highest BCUT2D eigenvalue weighted by molar-refractivity contribution is 6.14. The molecule has 6 nitrogen and oxygen atoms in total. The number of methoxy groups -OCH3 is 1. The molecule has 33 heavy (non-hydrogen) atoms. The van der Waals surface area contributed by atoms with Crippen LogP contribution in [0.15, 0.2) is 48.5 Å². The predicted molar refractivity (Wildman–Crippen MR) is 125 cm³/mol. The second-order valence-corrected chi connectivity index (χ2v) is 9.24. The van der Waals surface area contributed by atoms with E-state index in [1.54, 1.807) is 26.2 Å². The zero-order valence-corrected chi connectivity index (χ0v) is 18.9. The Bertz CT molecular complexity index is 1210. The number of hydrogen-bond acceptors (Lipinski definition) is 3. The van der Waals surface area contributed by atoms with E-state index in [0.29, 0.717) is 17.1 Å². The number of halogens is 1. The number of rotatable bonds is 4. The molecule has 0 radical (unpaired) electrons. The number of aromatic nitrogens is 1. The zero-order chi connectivity index (χ0) is 23.2. The Morgan fingerprint density at radius 1 is 1.09 bits per heavy atom. The van der Waals surface area contributed by atoms with Gasteiger partial charge in [0.2, 0.25) is 5.91 Å². The minimum Gasteiger partial charge on any atom is -0.497 e. The molecule has 0 saturated heterocycles. The monoisotopic (exact) mass is 449 g/mol. The average molecular weight is 450 g/mol. The number of hydrogen-bond donors (Lipinski definition) is 1. The molecule has 1 atom stereocenters. The molecule has 2 heterocycles. The molecule has 0 spiro atoms. The molecule has 1 aliphatic carbocycles. The normalized spacial score (nSPS) is 21.2. The van der Waals surface area contributed by atoms with Crippen LogP contribution in [0.5, 0.6) is 5.75 Å². The first kappa shape index (κ1) is 21.5. The van der Waals surface area contributed by atoms with Gasteiger partial charge in [-0.2, -0.15) is 0 Å². The van der Waals surface area contributed by atoms with Crippen LogP contribution in [0.1, 0.15) is 49.5 Å². The smallest absolute Gasteiger partial charge is 0.275 e. The van der Waals surface area contributed by atoms with Crippen molar-refractivity contribution in [1.29, 1.82) is 0 Å². The topological polar surface area (TPSA) is 63.6 Å². The maximum Gasteiger partial charge on any atom is 0.275 e. The van der Waals surface area contributed by atoms with Crippen molar-refractivity contribution in [3.8, 4) is 5.75 Å². The summed E-state index contributed by atoms with van der Waals surface area (Å²) in [6.07, 6.45) is 5.26. The third-order valence-corrected chi connectivity index (χ3v) is 7.01. The van der Waals surface area contributed by atoms with Crippen LogP contribution in [0.3, 0.4) is 0 Å². The van der Waals surface area contributed by atoms with Crippen molar-refractivity contribution < 1.29 is 18.7 Å². The standard InChI is InChI=1S/C26H28FN3O3/c1-26(25(32)28-19-6-4-3-5-7-19)16-29-22-15-21(33-2)13-8-17(22)14-23(29)24(31)30(26)20-11-9-18(27)10-12-20/h8-15,19H,3-7,16H2,1-2H3,(H,28,32)/t26-/m1/s1. The third kappa shape index (κ3) is 3.65. The first-order valence-electron chi connectivity index (χ1n) is 11.5. The van der Waals surface area contributed by atoms with Gasteiger partial charge in [-0.05, 0) is 62.2 Å². The van der Waals surface area contributed by atoms with E-state index in [2.05, 4.69) is 5.32 Å². The molecule has 0 bridgehead atoms. The highest BCUT2D eigenvalue weighted by Crippen LogP contribution is 2.37. The Hall–Kier alpha value is -3.35. The summed E-state index contributed by atoms with van der Waals surface area (Å²) in [5, 5.41) is 4.11. The van der Waals surface area contributed by atoms with Crippen LogP contribution in [-0.2, 0) is 11.3 Å². The second-order valence-electron chi connectivity index (χ2n) is 9.24. The number of carbonyl (C=O) groups is 2. The molecule has 2 amide bonds. The van der Waals surface area contributed by atoms with Crippen LogP contribution in [-0.4, -0.2) is 35.1 Å². The Labute approximate surface area is 192 Å². The van der Waals surface area contributed by atoms with E-state index in [4.69, 9.17) is 4.74 Å². The number of ether oxygens (including phenoxy) is 1. The van der Waals surface area contributed by atoms with Crippen LogP contribution < -0.4 is 15.0 Å². The molecule has 1 saturated carbocycles. The number of nitrogens with zero attached hydrogens (tertiary/aromatic N) is 2. The lowest BCUT2D eigenvalue weighted by molar-refractivity contribution is -0.127. The number of nitrogens with one attached hydrogen (secondary N) is 1. The van der Waals surface area contributed by atoms with Crippen molar-refractivity contribution >= 4 is 28.4 Å². The van der Waals surface area contributed by atoms with Crippen LogP contribution in [0, 0.1) is 5.82 Å². The van der Waals surface area contributed by atoms with Crippen molar-refractivity contribution in [1.82, 2.24) is 9.88 Å². The molecular formula is C26H28FN3O3. The molecule has 0 unspecified atom stereocenters. The van der Waals surface area contributed by atoms with Crippen molar-refractivity contribution in [3.63, 3.8) is 0 Å². The van der Waals surface area contributed by atoms with E-state index >= 15 is 0 Å². The fourth-order valence-corrected chi connectivity index (χ4v) is 5.18. The van der Waals surface area contributed by atoms with E-state index in [0.717, 1.165) is 36.6 Å². The number of fused-ring (bicyclic) bond motifs is 3. The quantitative estimate of drug-likeness (QED) is 0.630. The minimum absolute atomic E-state index is 0.108. The molecule has 1 aliphatic heterocycles. The van der Waals surface area contributed by atoms with Gasteiger partial charge in [-0.1, -0.05) is 19.3 Å². The van der Waals surface area contributed by atoms with Gasteiger partial charge in [-0.15, -0.1) is 0 Å². The van der Waals surface area contributed by atoms with E-state index in [1.165, 1.54) is 23.5 Å². The van der Waals surface area contributed by atoms with Gasteiger partial charge in [0.15, 0.2) is 0 Å². The van der Waals surface area contributed by atoms with E-state index in [9.17, 15) is 14.0 Å². The SMILES string of the molecule is COc1ccc2cc3n(c2c1)C[C@](C)(C(=O)NC1CCCCC1)N(c1ccc(F)cc1)C3=O. The summed E-state index contributed by atoms with van der Waals surface area (Å²) in [6, 6.07) is 13.3. The molecule has 5 rings (SSSR count). The van der Waals surface area contributed by atoms with Crippen LogP contribution in [0.25, 0.3) is 10.9 Å². The molecular weight excluding hydrogens is 421 g/mol. The highest BCUT2D eigenvalue weighted by atomic mass is 19.1. The summed E-state index contributed by atoms with van der Waals surface area (Å²) in [5.41, 5.74) is 0.643. The van der Waals surface area contributed by atoms with Gasteiger partial charge in [-0.3, -0.25) is 14.5 Å². The van der Waals surface area contributed by atoms with E-state index in [1.807, 2.05) is 28.8 Å². The first-order chi connectivity index (χ1) is 15.9. The first-order valence-corrected chi connectivity index (χ1v) is 11.5. The third-order valence-electron chi connectivity index (χ3n) is 7.01. The fraction of sp³-hybridized carbons (Fsp3) is 0.385. The Balaban J connectivity index is 1.62. The molecule has 172 valence electrons. The van der Waals surface area contributed by atoms with Gasteiger partial charge in [0.05, 0.1) is 19.2 Å². The molecule has 3 aromatic rings. The second kappa shape index (κ2) is 8.21. The molecule has 7 heteroatoms. The maximum atomic E-state index is 13.8. The Morgan fingerprint density at radius 2 is 1.82 bits per heavy atom. The van der Waals surface area contributed by atoms with Gasteiger partial charge in [0.25, 0.3) is 5.91 Å². The molecule has 2 aliphatic rings. The van der Waals surface area contributed by atoms with Gasteiger partial charge in [0.1, 0.15) is 22.8 Å². The predicted octanol–water partition coefficient (Wildman–Crippen LogP) is 4.66. The average Bonchev–Trinajstić information content (AvgIpc) is 3.18.